The van der Waals surface area contributed by atoms with E-state index in [1.807, 2.05) is 0 Å². The van der Waals surface area contributed by atoms with Crippen molar-refractivity contribution < 1.29 is 19.0 Å². The first-order valence-corrected chi connectivity index (χ1v) is 5.53. The number of amides is 1. The third kappa shape index (κ3) is 4.31. The van der Waals surface area contributed by atoms with Crippen LogP contribution < -0.4 is 11.1 Å². The van der Waals surface area contributed by atoms with E-state index < -0.39 is 11.7 Å². The Bertz CT molecular complexity index is 386. The van der Waals surface area contributed by atoms with Crippen molar-refractivity contribution in [2.75, 3.05) is 26.1 Å². The summed E-state index contributed by atoms with van der Waals surface area (Å²) in [6.07, 6.45) is 0.365. The summed E-state index contributed by atoms with van der Waals surface area (Å²) in [5.74, 6) is -1.01. The van der Waals surface area contributed by atoms with Crippen LogP contribution in [0.4, 0.5) is 10.1 Å². The number of nitrogens with two attached hydrogens (primary N) is 1. The van der Waals surface area contributed by atoms with E-state index in [9.17, 15) is 9.18 Å². The number of nitrogen functional groups attached to an aromatic ring is 1. The Morgan fingerprint density at radius 1 is 1.56 bits per heavy atom. The second-order valence-electron chi connectivity index (χ2n) is 3.91. The smallest absolute Gasteiger partial charge is 0.251 e. The molecule has 4 N–H and O–H groups in total. The summed E-state index contributed by atoms with van der Waals surface area (Å²) in [6, 6.07) is 3.31. The third-order valence-electron chi connectivity index (χ3n) is 2.36. The maximum atomic E-state index is 13.1. The van der Waals surface area contributed by atoms with E-state index in [0.717, 1.165) is 12.1 Å². The lowest BCUT2D eigenvalue weighted by Gasteiger charge is -2.17. The lowest BCUT2D eigenvalue weighted by molar-refractivity contribution is 0.0878. The second kappa shape index (κ2) is 6.93. The number of halogens is 1. The number of benzene rings is 1. The molecule has 1 rings (SSSR count). The molecule has 0 radical (unpaired) electrons. The Hall–Kier alpha value is -1.66. The number of hydrogen-bond donors (Lipinski definition) is 3. The fraction of sp³-hybridized carbons (Fsp3) is 0.417. The normalized spacial score (nSPS) is 12.2. The molecule has 0 aliphatic carbocycles. The van der Waals surface area contributed by atoms with Crippen LogP contribution in [-0.4, -0.2) is 37.4 Å². The van der Waals surface area contributed by atoms with Crippen LogP contribution in [0.25, 0.3) is 0 Å². The van der Waals surface area contributed by atoms with Crippen LogP contribution in [0.2, 0.25) is 0 Å². The molecule has 1 atom stereocenters. The van der Waals surface area contributed by atoms with Crippen LogP contribution in [0.15, 0.2) is 18.2 Å². The average molecular weight is 256 g/mol. The molecule has 0 bridgehead atoms. The summed E-state index contributed by atoms with van der Waals surface area (Å²) < 4.78 is 18.0. The van der Waals surface area contributed by atoms with Crippen molar-refractivity contribution in [3.05, 3.63) is 29.6 Å². The zero-order valence-electron chi connectivity index (χ0n) is 10.1. The third-order valence-corrected chi connectivity index (χ3v) is 2.36. The Labute approximate surface area is 105 Å². The lowest BCUT2D eigenvalue weighted by atomic mass is 10.1. The molecule has 0 saturated carbocycles. The van der Waals surface area contributed by atoms with Gasteiger partial charge in [0, 0.05) is 25.0 Å². The molecule has 1 aromatic rings. The number of rotatable bonds is 6. The number of carbonyl (C=O) groups is 1. The molecule has 5 nitrogen and oxygen atoms in total. The van der Waals surface area contributed by atoms with E-state index in [-0.39, 0.29) is 30.5 Å². The van der Waals surface area contributed by atoms with E-state index in [1.54, 1.807) is 0 Å². The van der Waals surface area contributed by atoms with Gasteiger partial charge in [0.15, 0.2) is 0 Å². The molecule has 1 aromatic carbocycles. The molecule has 0 fully saturated rings. The van der Waals surface area contributed by atoms with Crippen molar-refractivity contribution in [1.82, 2.24) is 5.32 Å². The van der Waals surface area contributed by atoms with Crippen LogP contribution in [-0.2, 0) is 4.74 Å². The molecule has 0 aliphatic heterocycles. The zero-order chi connectivity index (χ0) is 13.5. The molecule has 1 amide bonds. The highest BCUT2D eigenvalue weighted by Gasteiger charge is 2.14. The SMILES string of the molecule is COCC(CCO)NC(=O)c1cc(N)cc(F)c1. The predicted molar refractivity (Wildman–Crippen MR) is 65.6 cm³/mol. The second-order valence-corrected chi connectivity index (χ2v) is 3.91. The van der Waals surface area contributed by atoms with Crippen molar-refractivity contribution in [3.63, 3.8) is 0 Å². The van der Waals surface area contributed by atoms with Gasteiger partial charge in [-0.3, -0.25) is 4.79 Å². The topological polar surface area (TPSA) is 84.6 Å². The summed E-state index contributed by atoms with van der Waals surface area (Å²) >= 11 is 0. The highest BCUT2D eigenvalue weighted by atomic mass is 19.1. The molecule has 18 heavy (non-hydrogen) atoms. The van der Waals surface area contributed by atoms with Gasteiger partial charge in [0.2, 0.25) is 0 Å². The monoisotopic (exact) mass is 256 g/mol. The molecule has 0 heterocycles. The van der Waals surface area contributed by atoms with Crippen LogP contribution >= 0.6 is 0 Å². The maximum absolute atomic E-state index is 13.1. The number of aliphatic hydroxyl groups is 1. The van der Waals surface area contributed by atoms with Crippen LogP contribution in [0.5, 0.6) is 0 Å². The highest BCUT2D eigenvalue weighted by Crippen LogP contribution is 2.11. The molecule has 6 heteroatoms. The van der Waals surface area contributed by atoms with E-state index in [2.05, 4.69) is 5.32 Å². The summed E-state index contributed by atoms with van der Waals surface area (Å²) in [5, 5.41) is 11.5. The minimum atomic E-state index is -0.564. The minimum Gasteiger partial charge on any atom is -0.399 e. The molecule has 0 saturated heterocycles. The Morgan fingerprint density at radius 2 is 2.28 bits per heavy atom. The summed E-state index contributed by atoms with van der Waals surface area (Å²) in [7, 11) is 1.50. The van der Waals surface area contributed by atoms with Crippen molar-refractivity contribution in [2.24, 2.45) is 0 Å². The van der Waals surface area contributed by atoms with Crippen LogP contribution in [0.1, 0.15) is 16.8 Å². The van der Waals surface area contributed by atoms with E-state index >= 15 is 0 Å². The van der Waals surface area contributed by atoms with Gasteiger partial charge in [-0.25, -0.2) is 4.39 Å². The standard InChI is InChI=1S/C12H17FN2O3/c1-18-7-11(2-3-16)15-12(17)8-4-9(13)6-10(14)5-8/h4-6,11,16H,2-3,7,14H2,1H3,(H,15,17). The number of carbonyl (C=O) groups excluding carboxylic acids is 1. The maximum Gasteiger partial charge on any atom is 0.251 e. The van der Waals surface area contributed by atoms with E-state index in [4.69, 9.17) is 15.6 Å². The fourth-order valence-corrected chi connectivity index (χ4v) is 1.57. The van der Waals surface area contributed by atoms with Gasteiger partial charge < -0.3 is 20.9 Å². The van der Waals surface area contributed by atoms with Gasteiger partial charge in [-0.05, 0) is 24.6 Å². The Morgan fingerprint density at radius 3 is 2.83 bits per heavy atom. The van der Waals surface area contributed by atoms with Gasteiger partial charge in [0.1, 0.15) is 5.82 Å². The molecule has 0 aromatic heterocycles. The first-order valence-electron chi connectivity index (χ1n) is 5.53. The van der Waals surface area contributed by atoms with Crippen LogP contribution in [0, 0.1) is 5.82 Å². The largest absolute Gasteiger partial charge is 0.399 e. The van der Waals surface area contributed by atoms with Gasteiger partial charge in [-0.1, -0.05) is 0 Å². The summed E-state index contributed by atoms with van der Waals surface area (Å²) in [6.45, 7) is 0.205. The van der Waals surface area contributed by atoms with Gasteiger partial charge in [-0.2, -0.15) is 0 Å². The highest BCUT2D eigenvalue weighted by molar-refractivity contribution is 5.95. The first-order chi connectivity index (χ1) is 8.56. The molecular weight excluding hydrogens is 239 g/mol. The Balaban J connectivity index is 2.73. The first kappa shape index (κ1) is 14.4. The van der Waals surface area contributed by atoms with Gasteiger partial charge >= 0.3 is 0 Å². The Kier molecular flexibility index (Phi) is 5.54. The molecule has 100 valence electrons. The lowest BCUT2D eigenvalue weighted by Crippen LogP contribution is -2.38. The number of nitrogens with one attached hydrogen (secondary N) is 1. The van der Waals surface area contributed by atoms with E-state index in [0.29, 0.717) is 6.42 Å². The number of aliphatic hydroxyl groups excluding tert-OH is 1. The molecular formula is C12H17FN2O3. The summed E-state index contributed by atoms with van der Waals surface area (Å²) in [5.41, 5.74) is 5.79. The zero-order valence-corrected chi connectivity index (χ0v) is 10.1. The van der Waals surface area contributed by atoms with Gasteiger partial charge in [-0.15, -0.1) is 0 Å². The number of methoxy groups -OCH3 is 1. The quantitative estimate of drug-likeness (QED) is 0.648. The molecule has 0 spiro atoms. The van der Waals surface area contributed by atoms with Crippen molar-refractivity contribution in [2.45, 2.75) is 12.5 Å². The van der Waals surface area contributed by atoms with E-state index in [1.165, 1.54) is 13.2 Å². The van der Waals surface area contributed by atoms with Crippen molar-refractivity contribution in [3.8, 4) is 0 Å². The minimum absolute atomic E-state index is 0.0698. The number of anilines is 1. The summed E-state index contributed by atoms with van der Waals surface area (Å²) in [4.78, 5) is 11.8. The molecule has 0 aliphatic rings. The number of ether oxygens (including phenoxy) is 1. The van der Waals surface area contributed by atoms with Crippen molar-refractivity contribution in [1.29, 1.82) is 0 Å². The fourth-order valence-electron chi connectivity index (χ4n) is 1.57. The average Bonchev–Trinajstić information content (AvgIpc) is 2.28. The van der Waals surface area contributed by atoms with Gasteiger partial charge in [0.05, 0.1) is 12.6 Å². The predicted octanol–water partition coefficient (Wildman–Crippen LogP) is 0.535. The van der Waals surface area contributed by atoms with Crippen molar-refractivity contribution >= 4 is 11.6 Å². The van der Waals surface area contributed by atoms with Crippen LogP contribution in [0.3, 0.4) is 0 Å². The molecule has 1 unspecified atom stereocenters. The number of hydrogen-bond acceptors (Lipinski definition) is 4. The van der Waals surface area contributed by atoms with Gasteiger partial charge in [0.25, 0.3) is 5.91 Å².